The number of anilines is 1. The normalized spacial score (nSPS) is 15.1. The van der Waals surface area contributed by atoms with Gasteiger partial charge in [0.15, 0.2) is 17.5 Å². The second-order valence-corrected chi connectivity index (χ2v) is 7.10. The van der Waals surface area contributed by atoms with Gasteiger partial charge in [0.25, 0.3) is 0 Å². The fourth-order valence-corrected chi connectivity index (χ4v) is 3.43. The molecule has 0 spiro atoms. The zero-order valence-corrected chi connectivity index (χ0v) is 16.9. The van der Waals surface area contributed by atoms with Crippen LogP contribution in [0.15, 0.2) is 59.6 Å². The summed E-state index contributed by atoms with van der Waals surface area (Å²) in [6, 6.07) is 14.8. The van der Waals surface area contributed by atoms with Crippen molar-refractivity contribution in [2.75, 3.05) is 37.9 Å². The maximum Gasteiger partial charge on any atom is 0.231 e. The van der Waals surface area contributed by atoms with Gasteiger partial charge in [0.05, 0.1) is 6.54 Å². The van der Waals surface area contributed by atoms with Gasteiger partial charge in [-0.1, -0.05) is 30.4 Å². The van der Waals surface area contributed by atoms with Gasteiger partial charge in [-0.25, -0.2) is 4.99 Å². The Morgan fingerprint density at radius 1 is 0.966 bits per heavy atom. The van der Waals surface area contributed by atoms with Gasteiger partial charge in [0.2, 0.25) is 6.79 Å². The Hall–Kier alpha value is -3.15. The number of hydrogen-bond donors (Lipinski definition) is 2. The first kappa shape index (κ1) is 19.2. The standard InChI is InChI=1S/C23H28N4O2/c1-2-24-23(25-12-11-18-7-10-21-22(15-18)29-17-28-21)26-16-19-5-8-20(9-6-19)27-13-3-4-14-27/h3-10,15H,2,11-14,16-17H2,1H3,(H2,24,25,26). The van der Waals surface area contributed by atoms with Crippen molar-refractivity contribution in [3.05, 3.63) is 65.7 Å². The van der Waals surface area contributed by atoms with Crippen LogP contribution in [0.2, 0.25) is 0 Å². The van der Waals surface area contributed by atoms with E-state index in [1.54, 1.807) is 0 Å². The van der Waals surface area contributed by atoms with E-state index in [-0.39, 0.29) is 0 Å². The van der Waals surface area contributed by atoms with Crippen molar-refractivity contribution in [1.29, 1.82) is 0 Å². The first-order valence-electron chi connectivity index (χ1n) is 10.2. The van der Waals surface area contributed by atoms with Crippen LogP contribution in [-0.2, 0) is 13.0 Å². The third-order valence-corrected chi connectivity index (χ3v) is 5.03. The molecule has 6 heteroatoms. The van der Waals surface area contributed by atoms with Crippen LogP contribution in [0, 0.1) is 0 Å². The van der Waals surface area contributed by atoms with E-state index in [4.69, 9.17) is 14.5 Å². The van der Waals surface area contributed by atoms with Crippen molar-refractivity contribution in [1.82, 2.24) is 10.6 Å². The Morgan fingerprint density at radius 3 is 2.52 bits per heavy atom. The van der Waals surface area contributed by atoms with Gasteiger partial charge in [-0.2, -0.15) is 0 Å². The van der Waals surface area contributed by atoms with Crippen LogP contribution in [0.5, 0.6) is 11.5 Å². The molecule has 0 saturated heterocycles. The maximum atomic E-state index is 5.45. The average Bonchev–Trinajstić information content (AvgIpc) is 3.44. The first-order valence-corrected chi connectivity index (χ1v) is 10.2. The van der Waals surface area contributed by atoms with Gasteiger partial charge in [0, 0.05) is 31.9 Å². The van der Waals surface area contributed by atoms with E-state index < -0.39 is 0 Å². The first-order chi connectivity index (χ1) is 14.3. The number of hydrogen-bond acceptors (Lipinski definition) is 4. The molecule has 0 amide bonds. The highest BCUT2D eigenvalue weighted by Crippen LogP contribution is 2.32. The van der Waals surface area contributed by atoms with Crippen LogP contribution in [0.1, 0.15) is 18.1 Å². The summed E-state index contributed by atoms with van der Waals surface area (Å²) in [6.45, 7) is 6.66. The molecule has 0 radical (unpaired) electrons. The molecule has 29 heavy (non-hydrogen) atoms. The molecule has 2 aliphatic rings. The lowest BCUT2D eigenvalue weighted by Gasteiger charge is -2.17. The Kier molecular flexibility index (Phi) is 6.19. The highest BCUT2D eigenvalue weighted by atomic mass is 16.7. The van der Waals surface area contributed by atoms with Crippen molar-refractivity contribution < 1.29 is 9.47 Å². The number of nitrogens with zero attached hydrogens (tertiary/aromatic N) is 2. The molecule has 0 fully saturated rings. The minimum absolute atomic E-state index is 0.310. The highest BCUT2D eigenvalue weighted by Gasteiger charge is 2.13. The molecule has 2 aliphatic heterocycles. The average molecular weight is 393 g/mol. The molecule has 0 bridgehead atoms. The molecule has 2 aromatic rings. The number of guanidine groups is 1. The molecular weight excluding hydrogens is 364 g/mol. The van der Waals surface area contributed by atoms with Crippen LogP contribution in [0.3, 0.4) is 0 Å². The fourth-order valence-electron chi connectivity index (χ4n) is 3.43. The predicted molar refractivity (Wildman–Crippen MR) is 117 cm³/mol. The zero-order valence-electron chi connectivity index (χ0n) is 16.9. The number of rotatable bonds is 7. The molecule has 6 nitrogen and oxygen atoms in total. The van der Waals surface area contributed by atoms with E-state index in [9.17, 15) is 0 Å². The Bertz CT molecular complexity index is 869. The number of aliphatic imine (C=N–C) groups is 1. The Morgan fingerprint density at radius 2 is 1.72 bits per heavy atom. The van der Waals surface area contributed by atoms with Crippen molar-refractivity contribution >= 4 is 11.6 Å². The summed E-state index contributed by atoms with van der Waals surface area (Å²) >= 11 is 0. The Balaban J connectivity index is 1.29. The molecule has 0 atom stereocenters. The van der Waals surface area contributed by atoms with Crippen molar-refractivity contribution in [2.24, 2.45) is 4.99 Å². The minimum atomic E-state index is 0.310. The third kappa shape index (κ3) is 5.02. The van der Waals surface area contributed by atoms with Crippen molar-refractivity contribution in [2.45, 2.75) is 19.9 Å². The second kappa shape index (κ2) is 9.37. The molecule has 0 saturated carbocycles. The summed E-state index contributed by atoms with van der Waals surface area (Å²) in [5.41, 5.74) is 3.68. The lowest BCUT2D eigenvalue weighted by Crippen LogP contribution is -2.38. The smallest absolute Gasteiger partial charge is 0.231 e. The van der Waals surface area contributed by atoms with Crippen molar-refractivity contribution in [3.8, 4) is 11.5 Å². The topological polar surface area (TPSA) is 58.1 Å². The van der Waals surface area contributed by atoms with Gasteiger partial charge in [-0.05, 0) is 48.7 Å². The highest BCUT2D eigenvalue weighted by molar-refractivity contribution is 5.79. The summed E-state index contributed by atoms with van der Waals surface area (Å²) < 4.78 is 10.8. The van der Waals surface area contributed by atoms with Gasteiger partial charge in [-0.3, -0.25) is 0 Å². The predicted octanol–water partition coefficient (Wildman–Crippen LogP) is 3.09. The van der Waals surface area contributed by atoms with Gasteiger partial charge in [0.1, 0.15) is 0 Å². The Labute approximate surface area is 172 Å². The summed E-state index contributed by atoms with van der Waals surface area (Å²) in [5.74, 6) is 2.49. The summed E-state index contributed by atoms with van der Waals surface area (Å²) in [5, 5.41) is 6.73. The summed E-state index contributed by atoms with van der Waals surface area (Å²) in [7, 11) is 0. The van der Waals surface area contributed by atoms with E-state index in [0.717, 1.165) is 50.1 Å². The lowest BCUT2D eigenvalue weighted by molar-refractivity contribution is 0.174. The zero-order chi connectivity index (χ0) is 19.9. The fraction of sp³-hybridized carbons (Fsp3) is 0.348. The molecular formula is C23H28N4O2. The van der Waals surface area contributed by atoms with Crippen LogP contribution < -0.4 is 25.0 Å². The quantitative estimate of drug-likeness (QED) is 0.431. The monoisotopic (exact) mass is 392 g/mol. The van der Waals surface area contributed by atoms with Crippen molar-refractivity contribution in [3.63, 3.8) is 0 Å². The molecule has 2 aromatic carbocycles. The number of fused-ring (bicyclic) bond motifs is 1. The minimum Gasteiger partial charge on any atom is -0.454 e. The van der Waals surface area contributed by atoms with E-state index >= 15 is 0 Å². The van der Waals surface area contributed by atoms with Gasteiger partial charge in [-0.15, -0.1) is 0 Å². The molecule has 152 valence electrons. The molecule has 0 aliphatic carbocycles. The molecule has 4 rings (SSSR count). The SMILES string of the molecule is CCNC(=NCc1ccc(N2CC=CC2)cc1)NCCc1ccc2c(c1)OCO2. The van der Waals surface area contributed by atoms with Gasteiger partial charge >= 0.3 is 0 Å². The largest absolute Gasteiger partial charge is 0.454 e. The van der Waals surface area contributed by atoms with Gasteiger partial charge < -0.3 is 25.0 Å². The lowest BCUT2D eigenvalue weighted by atomic mass is 10.1. The second-order valence-electron chi connectivity index (χ2n) is 7.10. The molecule has 2 heterocycles. The third-order valence-electron chi connectivity index (χ3n) is 5.03. The van der Waals surface area contributed by atoms with E-state index in [1.807, 2.05) is 12.1 Å². The van der Waals surface area contributed by atoms with E-state index in [2.05, 4.69) is 64.9 Å². The number of benzene rings is 2. The van der Waals surface area contributed by atoms with Crippen LogP contribution in [0.4, 0.5) is 5.69 Å². The maximum absolute atomic E-state index is 5.45. The molecule has 0 unspecified atom stereocenters. The molecule has 0 aromatic heterocycles. The molecule has 2 N–H and O–H groups in total. The van der Waals surface area contributed by atoms with E-state index in [1.165, 1.54) is 16.8 Å². The number of nitrogens with one attached hydrogen (secondary N) is 2. The van der Waals surface area contributed by atoms with Crippen LogP contribution in [-0.4, -0.2) is 38.9 Å². The summed E-state index contributed by atoms with van der Waals surface area (Å²) in [4.78, 5) is 7.07. The van der Waals surface area contributed by atoms with Crippen LogP contribution in [0.25, 0.3) is 0 Å². The summed E-state index contributed by atoms with van der Waals surface area (Å²) in [6.07, 6.45) is 5.30. The van der Waals surface area contributed by atoms with E-state index in [0.29, 0.717) is 13.3 Å². The van der Waals surface area contributed by atoms with Crippen LogP contribution >= 0.6 is 0 Å². The number of ether oxygens (including phenoxy) is 2.